The minimum Gasteiger partial charge on any atom is -0.387 e. The molecule has 27 heavy (non-hydrogen) atoms. The van der Waals surface area contributed by atoms with Gasteiger partial charge in [-0.15, -0.1) is 6.42 Å². The molecule has 1 fully saturated rings. The van der Waals surface area contributed by atoms with Crippen molar-refractivity contribution < 1.29 is 24.4 Å². The van der Waals surface area contributed by atoms with Gasteiger partial charge in [-0.05, 0) is 41.3 Å². The Kier molecular flexibility index (Phi) is 6.15. The molecule has 3 N–H and O–H groups in total. The number of terminal acetylenes is 1. The van der Waals surface area contributed by atoms with Crippen molar-refractivity contribution in [1.29, 1.82) is 0 Å². The number of aliphatic hydroxyl groups is 3. The van der Waals surface area contributed by atoms with Gasteiger partial charge in [0.1, 0.15) is 37.2 Å². The number of hydrogen-bond donors (Lipinski definition) is 3. The third-order valence-corrected chi connectivity index (χ3v) is 5.15. The molecular weight excluding hydrogens is 371 g/mol. The first-order valence-corrected chi connectivity index (χ1v) is 8.92. The zero-order chi connectivity index (χ0) is 19.6. The molecule has 5 atom stereocenters. The molecule has 0 radical (unpaired) electrons. The highest BCUT2D eigenvalue weighted by atomic mass is 35.5. The molecule has 0 amide bonds. The van der Waals surface area contributed by atoms with E-state index in [4.69, 9.17) is 22.8 Å². The Balaban J connectivity index is 1.86. The van der Waals surface area contributed by atoms with Gasteiger partial charge in [-0.25, -0.2) is 4.39 Å². The van der Waals surface area contributed by atoms with E-state index in [0.29, 0.717) is 17.0 Å². The van der Waals surface area contributed by atoms with E-state index < -0.39 is 37.2 Å². The summed E-state index contributed by atoms with van der Waals surface area (Å²) >= 11 is 6.30. The third-order valence-electron chi connectivity index (χ3n) is 4.78. The molecule has 142 valence electrons. The summed E-state index contributed by atoms with van der Waals surface area (Å²) in [5.41, 5.74) is 3.11. The molecule has 0 bridgehead atoms. The number of ether oxygens (including phenoxy) is 1. The van der Waals surface area contributed by atoms with E-state index >= 15 is 0 Å². The van der Waals surface area contributed by atoms with E-state index in [2.05, 4.69) is 5.92 Å². The van der Waals surface area contributed by atoms with Gasteiger partial charge >= 0.3 is 0 Å². The van der Waals surface area contributed by atoms with Gasteiger partial charge in [0.05, 0.1) is 0 Å². The van der Waals surface area contributed by atoms with Crippen molar-refractivity contribution in [3.63, 3.8) is 0 Å². The van der Waals surface area contributed by atoms with Crippen LogP contribution in [-0.2, 0) is 11.2 Å². The van der Waals surface area contributed by atoms with E-state index in [1.165, 1.54) is 0 Å². The Hall–Kier alpha value is -1.94. The molecule has 0 aliphatic carbocycles. The zero-order valence-electron chi connectivity index (χ0n) is 14.4. The largest absolute Gasteiger partial charge is 0.387 e. The van der Waals surface area contributed by atoms with Crippen molar-refractivity contribution in [2.75, 3.05) is 6.67 Å². The number of aliphatic hydroxyl groups excluding tert-OH is 3. The van der Waals surface area contributed by atoms with Crippen molar-refractivity contribution in [3.05, 3.63) is 69.7 Å². The third kappa shape index (κ3) is 4.16. The molecule has 0 saturated carbocycles. The Labute approximate surface area is 162 Å². The summed E-state index contributed by atoms with van der Waals surface area (Å²) < 4.78 is 18.6. The lowest BCUT2D eigenvalue weighted by molar-refractivity contribution is -0.227. The summed E-state index contributed by atoms with van der Waals surface area (Å²) in [6.45, 7) is -0.969. The number of hydrogen-bond acceptors (Lipinski definition) is 4. The van der Waals surface area contributed by atoms with Crippen molar-refractivity contribution in [3.8, 4) is 12.3 Å². The zero-order valence-corrected chi connectivity index (χ0v) is 15.2. The van der Waals surface area contributed by atoms with Crippen molar-refractivity contribution >= 4 is 11.6 Å². The molecule has 0 spiro atoms. The van der Waals surface area contributed by atoms with Crippen LogP contribution in [0, 0.1) is 12.3 Å². The molecule has 1 saturated heterocycles. The van der Waals surface area contributed by atoms with Gasteiger partial charge in [-0.2, -0.15) is 0 Å². The molecule has 1 aliphatic heterocycles. The van der Waals surface area contributed by atoms with E-state index in [0.717, 1.165) is 16.7 Å². The van der Waals surface area contributed by atoms with Crippen molar-refractivity contribution in [2.24, 2.45) is 0 Å². The maximum absolute atomic E-state index is 13.1. The Bertz CT molecular complexity index is 831. The second kappa shape index (κ2) is 8.39. The highest BCUT2D eigenvalue weighted by Crippen LogP contribution is 2.34. The van der Waals surface area contributed by atoms with E-state index in [1.54, 1.807) is 18.2 Å². The monoisotopic (exact) mass is 390 g/mol. The molecule has 3 rings (SSSR count). The first kappa shape index (κ1) is 19.8. The quantitative estimate of drug-likeness (QED) is 0.701. The maximum Gasteiger partial charge on any atom is 0.118 e. The predicted molar refractivity (Wildman–Crippen MR) is 100 cm³/mol. The van der Waals surface area contributed by atoms with Crippen LogP contribution in [0.5, 0.6) is 0 Å². The van der Waals surface area contributed by atoms with Crippen LogP contribution >= 0.6 is 11.6 Å². The van der Waals surface area contributed by atoms with Crippen LogP contribution in [-0.4, -0.2) is 46.4 Å². The van der Waals surface area contributed by atoms with Crippen LogP contribution in [0.15, 0.2) is 42.5 Å². The number of benzene rings is 2. The van der Waals surface area contributed by atoms with Gasteiger partial charge in [0.2, 0.25) is 0 Å². The number of halogens is 2. The van der Waals surface area contributed by atoms with Crippen LogP contribution in [0.2, 0.25) is 5.02 Å². The fourth-order valence-electron chi connectivity index (χ4n) is 3.20. The van der Waals surface area contributed by atoms with E-state index in [-0.39, 0.29) is 0 Å². The second-order valence-corrected chi connectivity index (χ2v) is 7.00. The molecule has 0 unspecified atom stereocenters. The Morgan fingerprint density at radius 3 is 2.37 bits per heavy atom. The van der Waals surface area contributed by atoms with Crippen LogP contribution in [0.1, 0.15) is 28.4 Å². The van der Waals surface area contributed by atoms with Crippen molar-refractivity contribution in [2.45, 2.75) is 36.9 Å². The normalized spacial score (nSPS) is 27.9. The highest BCUT2D eigenvalue weighted by Gasteiger charge is 2.44. The molecule has 2 aromatic rings. The number of alkyl halides is 1. The summed E-state index contributed by atoms with van der Waals surface area (Å²) in [5, 5.41) is 30.6. The molecule has 0 aromatic heterocycles. The minimum atomic E-state index is -1.50. The van der Waals surface area contributed by atoms with Gasteiger partial charge in [0.25, 0.3) is 0 Å². The molecule has 2 aromatic carbocycles. The predicted octanol–water partition coefficient (Wildman–Crippen LogP) is 2.40. The first-order valence-electron chi connectivity index (χ1n) is 8.54. The second-order valence-electron chi connectivity index (χ2n) is 6.59. The van der Waals surface area contributed by atoms with Gasteiger partial charge < -0.3 is 20.1 Å². The molecule has 6 heteroatoms. The SMILES string of the molecule is C#Cc1ccc(Cc2cc([C@@H]3O[C@H](CF)[C@@H](O)[C@H](O)[C@H]3O)ccc2Cl)cc1. The molecule has 4 nitrogen and oxygen atoms in total. The minimum absolute atomic E-state index is 0.526. The maximum atomic E-state index is 13.1. The summed E-state index contributed by atoms with van der Waals surface area (Å²) in [6.07, 6.45) is -0.652. The highest BCUT2D eigenvalue weighted by molar-refractivity contribution is 6.31. The standard InChI is InChI=1S/C21H20ClFO4/c1-2-12-3-5-13(6-4-12)9-15-10-14(7-8-16(15)22)21-20(26)19(25)18(24)17(11-23)27-21/h1,3-8,10,17-21,24-26H,9,11H2/t17-,18-,19+,20-,21+/m1/s1. The smallest absolute Gasteiger partial charge is 0.118 e. The van der Waals surface area contributed by atoms with E-state index in [9.17, 15) is 19.7 Å². The lowest BCUT2D eigenvalue weighted by Gasteiger charge is -2.40. The first-order chi connectivity index (χ1) is 12.9. The molecule has 1 aliphatic rings. The lowest BCUT2D eigenvalue weighted by Crippen LogP contribution is -2.54. The average molecular weight is 391 g/mol. The summed E-state index contributed by atoms with van der Waals surface area (Å²) in [7, 11) is 0. The van der Waals surface area contributed by atoms with Gasteiger partial charge in [-0.3, -0.25) is 0 Å². The summed E-state index contributed by atoms with van der Waals surface area (Å²) in [6, 6.07) is 12.6. The average Bonchev–Trinajstić information content (AvgIpc) is 2.69. The Morgan fingerprint density at radius 1 is 1.04 bits per heavy atom. The summed E-state index contributed by atoms with van der Waals surface area (Å²) in [4.78, 5) is 0. The van der Waals surface area contributed by atoms with Gasteiger partial charge in [-0.1, -0.05) is 41.8 Å². The lowest BCUT2D eigenvalue weighted by atomic mass is 9.90. The van der Waals surface area contributed by atoms with Gasteiger partial charge in [0.15, 0.2) is 0 Å². The number of rotatable bonds is 4. The van der Waals surface area contributed by atoms with Crippen LogP contribution in [0.25, 0.3) is 0 Å². The fraction of sp³-hybridized carbons (Fsp3) is 0.333. The fourth-order valence-corrected chi connectivity index (χ4v) is 3.38. The van der Waals surface area contributed by atoms with Crippen LogP contribution in [0.3, 0.4) is 0 Å². The van der Waals surface area contributed by atoms with Gasteiger partial charge in [0, 0.05) is 10.6 Å². The molecule has 1 heterocycles. The summed E-state index contributed by atoms with van der Waals surface area (Å²) in [5.74, 6) is 2.56. The molecular formula is C21H20ClFO4. The Morgan fingerprint density at radius 2 is 1.74 bits per heavy atom. The van der Waals surface area contributed by atoms with Crippen LogP contribution < -0.4 is 0 Å². The van der Waals surface area contributed by atoms with Crippen molar-refractivity contribution in [1.82, 2.24) is 0 Å². The topological polar surface area (TPSA) is 69.9 Å². The van der Waals surface area contributed by atoms with E-state index in [1.807, 2.05) is 24.3 Å². The van der Waals surface area contributed by atoms with Crippen LogP contribution in [0.4, 0.5) is 4.39 Å².